The number of rotatable bonds is 1. The summed E-state index contributed by atoms with van der Waals surface area (Å²) in [4.78, 5) is 0. The van der Waals surface area contributed by atoms with Crippen LogP contribution in [0.5, 0.6) is 0 Å². The average Bonchev–Trinajstić information content (AvgIpc) is 2.56. The fourth-order valence-corrected chi connectivity index (χ4v) is 2.18. The second-order valence-corrected chi connectivity index (χ2v) is 4.66. The molecule has 17 heavy (non-hydrogen) atoms. The van der Waals surface area contributed by atoms with Crippen LogP contribution in [0.25, 0.3) is 10.9 Å². The Morgan fingerprint density at radius 3 is 2.94 bits per heavy atom. The fraction of sp³-hybridized carbons (Fsp3) is 0.273. The number of fused-ring (bicyclic) bond motifs is 1. The summed E-state index contributed by atoms with van der Waals surface area (Å²) in [5.41, 5.74) is 0.932. The van der Waals surface area contributed by atoms with Crippen molar-refractivity contribution >= 4 is 26.8 Å². The first kappa shape index (κ1) is 10.7. The van der Waals surface area contributed by atoms with Gasteiger partial charge in [-0.05, 0) is 28.1 Å². The molecule has 0 saturated carbocycles. The average molecular weight is 296 g/mol. The highest BCUT2D eigenvalue weighted by atomic mass is 79.9. The van der Waals surface area contributed by atoms with Crippen LogP contribution < -0.4 is 0 Å². The van der Waals surface area contributed by atoms with Gasteiger partial charge in [0.1, 0.15) is 11.9 Å². The van der Waals surface area contributed by atoms with Gasteiger partial charge in [0.25, 0.3) is 0 Å². The topological polar surface area (TPSA) is 50.8 Å². The minimum absolute atomic E-state index is 0.142. The maximum Gasteiger partial charge on any atom is 0.170 e. The molecule has 4 nitrogen and oxygen atoms in total. The summed E-state index contributed by atoms with van der Waals surface area (Å²) in [6, 6.07) is 4.92. The van der Waals surface area contributed by atoms with E-state index >= 15 is 0 Å². The van der Waals surface area contributed by atoms with E-state index in [2.05, 4.69) is 21.0 Å². The van der Waals surface area contributed by atoms with Crippen LogP contribution in [-0.2, 0) is 4.74 Å². The van der Waals surface area contributed by atoms with Crippen molar-refractivity contribution in [2.75, 3.05) is 6.61 Å². The Morgan fingerprint density at radius 2 is 2.35 bits per heavy atom. The third-order valence-electron chi connectivity index (χ3n) is 2.80. The van der Waals surface area contributed by atoms with Crippen LogP contribution in [0.2, 0.25) is 0 Å². The van der Waals surface area contributed by atoms with Gasteiger partial charge in [-0.15, -0.1) is 0 Å². The van der Waals surface area contributed by atoms with Crippen molar-refractivity contribution in [3.05, 3.63) is 28.1 Å². The highest BCUT2D eigenvalue weighted by Gasteiger charge is 2.25. The van der Waals surface area contributed by atoms with Gasteiger partial charge >= 0.3 is 0 Å². The van der Waals surface area contributed by atoms with Gasteiger partial charge in [-0.25, -0.2) is 9.07 Å². The van der Waals surface area contributed by atoms with Crippen molar-refractivity contribution in [1.82, 2.24) is 9.78 Å². The standard InChI is InChI=1S/C11H7BrFN3O/c12-7-4-10-6(3-8(7)13)9(5-14)15-16(10)11-1-2-17-11/h3-4,11H,1-2H2. The van der Waals surface area contributed by atoms with E-state index in [9.17, 15) is 4.39 Å². The van der Waals surface area contributed by atoms with Gasteiger partial charge in [0.15, 0.2) is 11.9 Å². The third kappa shape index (κ3) is 1.54. The molecule has 0 amide bonds. The Hall–Kier alpha value is -1.45. The predicted octanol–water partition coefficient (Wildman–Crippen LogP) is 2.73. The molecule has 1 unspecified atom stereocenters. The van der Waals surface area contributed by atoms with E-state index in [1.165, 1.54) is 6.07 Å². The third-order valence-corrected chi connectivity index (χ3v) is 3.41. The Kier molecular flexibility index (Phi) is 2.38. The molecule has 0 N–H and O–H groups in total. The Balaban J connectivity index is 2.29. The molecule has 0 bridgehead atoms. The maximum absolute atomic E-state index is 13.4. The quantitative estimate of drug-likeness (QED) is 0.813. The van der Waals surface area contributed by atoms with Crippen molar-refractivity contribution < 1.29 is 9.13 Å². The second-order valence-electron chi connectivity index (χ2n) is 3.80. The molecule has 2 heterocycles. The highest BCUT2D eigenvalue weighted by Crippen LogP contribution is 2.31. The minimum atomic E-state index is -0.400. The number of halogens is 2. The molecule has 0 spiro atoms. The highest BCUT2D eigenvalue weighted by molar-refractivity contribution is 9.10. The lowest BCUT2D eigenvalue weighted by atomic mass is 10.2. The van der Waals surface area contributed by atoms with E-state index in [1.54, 1.807) is 10.7 Å². The Labute approximate surface area is 105 Å². The van der Waals surface area contributed by atoms with Crippen LogP contribution in [0.1, 0.15) is 18.3 Å². The number of aromatic nitrogens is 2. The molecule has 1 aromatic carbocycles. The molecule has 1 fully saturated rings. The molecule has 2 aromatic rings. The first-order chi connectivity index (χ1) is 8.20. The van der Waals surface area contributed by atoms with E-state index in [4.69, 9.17) is 10.00 Å². The molecule has 1 aliphatic rings. The Morgan fingerprint density at radius 1 is 1.59 bits per heavy atom. The first-order valence-electron chi connectivity index (χ1n) is 5.09. The van der Waals surface area contributed by atoms with Gasteiger partial charge in [-0.1, -0.05) is 0 Å². The summed E-state index contributed by atoms with van der Waals surface area (Å²) in [5, 5.41) is 13.7. The number of nitrogens with zero attached hydrogens (tertiary/aromatic N) is 3. The molecule has 1 aliphatic heterocycles. The monoisotopic (exact) mass is 295 g/mol. The largest absolute Gasteiger partial charge is 0.356 e. The van der Waals surface area contributed by atoms with Crippen LogP contribution in [0, 0.1) is 17.1 Å². The zero-order chi connectivity index (χ0) is 12.0. The van der Waals surface area contributed by atoms with Crippen molar-refractivity contribution in [3.63, 3.8) is 0 Å². The lowest BCUT2D eigenvalue weighted by molar-refractivity contribution is -0.104. The summed E-state index contributed by atoms with van der Waals surface area (Å²) in [7, 11) is 0. The lowest BCUT2D eigenvalue weighted by Crippen LogP contribution is -2.25. The lowest BCUT2D eigenvalue weighted by Gasteiger charge is -2.27. The van der Waals surface area contributed by atoms with E-state index in [0.29, 0.717) is 22.0 Å². The van der Waals surface area contributed by atoms with Crippen LogP contribution >= 0.6 is 15.9 Å². The summed E-state index contributed by atoms with van der Waals surface area (Å²) in [6.45, 7) is 0.691. The predicted molar refractivity (Wildman–Crippen MR) is 61.7 cm³/mol. The van der Waals surface area contributed by atoms with Gasteiger partial charge in [-0.2, -0.15) is 10.4 Å². The fourth-order valence-electron chi connectivity index (χ4n) is 1.85. The molecule has 6 heteroatoms. The van der Waals surface area contributed by atoms with Gasteiger partial charge in [0.2, 0.25) is 0 Å². The number of hydrogen-bond acceptors (Lipinski definition) is 3. The summed E-state index contributed by atoms with van der Waals surface area (Å²) in [6.07, 6.45) is 0.716. The minimum Gasteiger partial charge on any atom is -0.356 e. The SMILES string of the molecule is N#Cc1nn(C2CCO2)c2cc(Br)c(F)cc12. The van der Waals surface area contributed by atoms with E-state index in [-0.39, 0.29) is 11.9 Å². The van der Waals surface area contributed by atoms with Crippen LogP contribution in [-0.4, -0.2) is 16.4 Å². The summed E-state index contributed by atoms with van der Waals surface area (Å²) < 4.78 is 20.8. The molecule has 1 saturated heterocycles. The maximum atomic E-state index is 13.4. The number of nitriles is 1. The van der Waals surface area contributed by atoms with Crippen molar-refractivity contribution in [2.45, 2.75) is 12.6 Å². The molecule has 1 atom stereocenters. The van der Waals surface area contributed by atoms with Crippen LogP contribution in [0.4, 0.5) is 4.39 Å². The molecule has 86 valence electrons. The van der Waals surface area contributed by atoms with Crippen LogP contribution in [0.3, 0.4) is 0 Å². The number of benzene rings is 1. The van der Waals surface area contributed by atoms with Crippen LogP contribution in [0.15, 0.2) is 16.6 Å². The molecule has 3 rings (SSSR count). The van der Waals surface area contributed by atoms with E-state index < -0.39 is 5.82 Å². The normalized spacial score (nSPS) is 19.0. The molecule has 0 aliphatic carbocycles. The second kappa shape index (κ2) is 3.79. The molecular weight excluding hydrogens is 289 g/mol. The van der Waals surface area contributed by atoms with Crippen molar-refractivity contribution in [3.8, 4) is 6.07 Å². The van der Waals surface area contributed by atoms with Gasteiger partial charge in [0, 0.05) is 11.8 Å². The summed E-state index contributed by atoms with van der Waals surface area (Å²) in [5.74, 6) is -0.400. The Bertz CT molecular complexity index is 642. The van der Waals surface area contributed by atoms with Gasteiger partial charge in [0.05, 0.1) is 16.6 Å². The van der Waals surface area contributed by atoms with E-state index in [0.717, 1.165) is 6.42 Å². The van der Waals surface area contributed by atoms with Crippen molar-refractivity contribution in [1.29, 1.82) is 5.26 Å². The van der Waals surface area contributed by atoms with Gasteiger partial charge < -0.3 is 4.74 Å². The number of ether oxygens (including phenoxy) is 1. The molecule has 1 aromatic heterocycles. The first-order valence-corrected chi connectivity index (χ1v) is 5.89. The smallest absolute Gasteiger partial charge is 0.170 e. The number of hydrogen-bond donors (Lipinski definition) is 0. The summed E-state index contributed by atoms with van der Waals surface area (Å²) >= 11 is 3.13. The zero-order valence-corrected chi connectivity index (χ0v) is 10.2. The molecular formula is C11H7BrFN3O. The molecule has 0 radical (unpaired) electrons. The van der Waals surface area contributed by atoms with Crippen molar-refractivity contribution in [2.24, 2.45) is 0 Å². The van der Waals surface area contributed by atoms with E-state index in [1.807, 2.05) is 6.07 Å². The van der Waals surface area contributed by atoms with Gasteiger partial charge in [-0.3, -0.25) is 0 Å². The zero-order valence-electron chi connectivity index (χ0n) is 8.65.